The van der Waals surface area contributed by atoms with Crippen LogP contribution in [0.15, 0.2) is 60.7 Å². The summed E-state index contributed by atoms with van der Waals surface area (Å²) in [5.41, 5.74) is 11.7. The van der Waals surface area contributed by atoms with Crippen molar-refractivity contribution in [3.05, 3.63) is 94.3 Å². The summed E-state index contributed by atoms with van der Waals surface area (Å²) in [6.45, 7) is 16.7. The van der Waals surface area contributed by atoms with Gasteiger partial charge in [0.1, 0.15) is 11.4 Å². The fourth-order valence-electron chi connectivity index (χ4n) is 9.73. The van der Waals surface area contributed by atoms with Crippen molar-refractivity contribution in [2.24, 2.45) is 10.8 Å². The number of hydrogen-bond donors (Lipinski definition) is 0. The summed E-state index contributed by atoms with van der Waals surface area (Å²) in [5, 5.41) is 11.1. The van der Waals surface area contributed by atoms with Crippen LogP contribution in [0.2, 0.25) is 0 Å². The van der Waals surface area contributed by atoms with Crippen molar-refractivity contribution in [1.29, 1.82) is 0 Å². The summed E-state index contributed by atoms with van der Waals surface area (Å²) in [6, 6.07) is 21.8. The number of nitrogens with zero attached hydrogens (tertiary/aromatic N) is 4. The third-order valence-corrected chi connectivity index (χ3v) is 12.7. The van der Waals surface area contributed by atoms with Crippen LogP contribution in [0.5, 0.6) is 0 Å². The minimum atomic E-state index is 0.132. The van der Waals surface area contributed by atoms with Crippen LogP contribution in [0.25, 0.3) is 11.4 Å². The van der Waals surface area contributed by atoms with Crippen molar-refractivity contribution in [1.82, 2.24) is 19.6 Å². The summed E-state index contributed by atoms with van der Waals surface area (Å²) >= 11 is 0. The molecule has 2 fully saturated rings. The summed E-state index contributed by atoms with van der Waals surface area (Å²) in [5.74, 6) is 1.06. The third-order valence-electron chi connectivity index (χ3n) is 12.7. The van der Waals surface area contributed by atoms with E-state index in [1.165, 1.54) is 70.7 Å². The Labute approximate surface area is 238 Å². The predicted molar refractivity (Wildman–Crippen MR) is 161 cm³/mol. The summed E-state index contributed by atoms with van der Waals surface area (Å²) < 4.78 is 4.76. The van der Waals surface area contributed by atoms with Crippen molar-refractivity contribution >= 4 is 0 Å². The van der Waals surface area contributed by atoms with Crippen LogP contribution in [0.3, 0.4) is 0 Å². The van der Waals surface area contributed by atoms with Crippen LogP contribution in [0.4, 0.5) is 0 Å². The summed E-state index contributed by atoms with van der Waals surface area (Å²) in [7, 11) is 0. The van der Waals surface area contributed by atoms with Gasteiger partial charge in [-0.05, 0) is 59.5 Å². The van der Waals surface area contributed by atoms with E-state index in [1.54, 1.807) is 0 Å². The topological polar surface area (TPSA) is 35.6 Å². The van der Waals surface area contributed by atoms with E-state index in [4.69, 9.17) is 10.2 Å². The maximum atomic E-state index is 5.54. The standard InChI is InChI=1S/C36H42N4/c1-33(2)25-17-19-35(33,5)31-27(25)29(37-39(31)21-23-13-9-7-10-14-23)30-28-26-18-20-36(6,34(26,3)4)32(28)40(38-30)22-24-15-11-8-12-16-24/h7-16,25-26H,17-22H2,1-6H3. The quantitative estimate of drug-likeness (QED) is 0.261. The van der Waals surface area contributed by atoms with Crippen LogP contribution >= 0.6 is 0 Å². The molecule has 4 unspecified atom stereocenters. The van der Waals surface area contributed by atoms with Crippen LogP contribution in [0, 0.1) is 10.8 Å². The summed E-state index contributed by atoms with van der Waals surface area (Å²) in [4.78, 5) is 0. The zero-order valence-corrected chi connectivity index (χ0v) is 25.0. The molecule has 2 aromatic heterocycles. The van der Waals surface area contributed by atoms with E-state index in [2.05, 4.69) is 112 Å². The minimum absolute atomic E-state index is 0.132. The molecule has 40 heavy (non-hydrogen) atoms. The first kappa shape index (κ1) is 24.6. The first-order valence-corrected chi connectivity index (χ1v) is 15.4. The van der Waals surface area contributed by atoms with Gasteiger partial charge < -0.3 is 0 Å². The molecular weight excluding hydrogens is 488 g/mol. The average Bonchev–Trinajstić information content (AvgIpc) is 3.68. The molecule has 0 N–H and O–H groups in total. The second-order valence-corrected chi connectivity index (χ2v) is 14.8. The lowest BCUT2D eigenvalue weighted by Gasteiger charge is -2.36. The van der Waals surface area contributed by atoms with Crippen LogP contribution in [0.1, 0.15) is 113 Å². The maximum absolute atomic E-state index is 5.54. The molecule has 4 nitrogen and oxygen atoms in total. The molecule has 2 saturated carbocycles. The van der Waals surface area contributed by atoms with Crippen molar-refractivity contribution in [3.8, 4) is 11.4 Å². The average molecular weight is 531 g/mol. The first-order valence-electron chi connectivity index (χ1n) is 15.4. The molecule has 0 aliphatic heterocycles. The lowest BCUT2D eigenvalue weighted by molar-refractivity contribution is 0.218. The van der Waals surface area contributed by atoms with Gasteiger partial charge in [0.25, 0.3) is 0 Å². The van der Waals surface area contributed by atoms with E-state index in [0.717, 1.165) is 13.1 Å². The molecule has 0 radical (unpaired) electrons. The fraction of sp³-hybridized carbons (Fsp3) is 0.500. The highest BCUT2D eigenvalue weighted by Crippen LogP contribution is 2.72. The smallest absolute Gasteiger partial charge is 0.117 e. The highest BCUT2D eigenvalue weighted by atomic mass is 15.3. The molecule has 4 aliphatic carbocycles. The summed E-state index contributed by atoms with van der Waals surface area (Å²) in [6.07, 6.45) is 4.98. The van der Waals surface area contributed by atoms with E-state index in [0.29, 0.717) is 11.8 Å². The number of benzene rings is 2. The van der Waals surface area contributed by atoms with Gasteiger partial charge in [0, 0.05) is 33.3 Å². The molecular formula is C36H42N4. The van der Waals surface area contributed by atoms with Gasteiger partial charge in [-0.15, -0.1) is 0 Å². The van der Waals surface area contributed by atoms with E-state index in [-0.39, 0.29) is 21.7 Å². The van der Waals surface area contributed by atoms with Gasteiger partial charge in [-0.1, -0.05) is 102 Å². The van der Waals surface area contributed by atoms with Crippen LogP contribution in [-0.2, 0) is 23.9 Å². The second-order valence-electron chi connectivity index (χ2n) is 14.8. The Morgan fingerprint density at radius 3 is 1.35 bits per heavy atom. The highest BCUT2D eigenvalue weighted by Gasteiger charge is 2.65. The van der Waals surface area contributed by atoms with Crippen LogP contribution < -0.4 is 0 Å². The Kier molecular flexibility index (Phi) is 4.79. The lowest BCUT2D eigenvalue weighted by atomic mass is 9.70. The van der Waals surface area contributed by atoms with Crippen LogP contribution in [-0.4, -0.2) is 19.6 Å². The van der Waals surface area contributed by atoms with E-state index < -0.39 is 0 Å². The Bertz CT molecular complexity index is 1520. The normalized spacial score (nSPS) is 30.1. The molecule has 206 valence electrons. The zero-order valence-electron chi connectivity index (χ0n) is 25.0. The molecule has 2 heterocycles. The van der Waals surface area contributed by atoms with Gasteiger partial charge in [-0.25, -0.2) is 0 Å². The number of aromatic nitrogens is 4. The molecule has 2 aromatic carbocycles. The fourth-order valence-corrected chi connectivity index (χ4v) is 9.73. The van der Waals surface area contributed by atoms with E-state index >= 15 is 0 Å². The maximum Gasteiger partial charge on any atom is 0.117 e. The molecule has 4 aliphatic rings. The van der Waals surface area contributed by atoms with Gasteiger partial charge in [-0.3, -0.25) is 9.36 Å². The molecule has 4 atom stereocenters. The van der Waals surface area contributed by atoms with E-state index in [9.17, 15) is 0 Å². The third kappa shape index (κ3) is 2.83. The number of hydrogen-bond acceptors (Lipinski definition) is 2. The van der Waals surface area contributed by atoms with Gasteiger partial charge in [0.15, 0.2) is 0 Å². The van der Waals surface area contributed by atoms with Crippen molar-refractivity contribution in [2.45, 2.75) is 103 Å². The number of rotatable bonds is 5. The number of fused-ring (bicyclic) bond motifs is 10. The second kappa shape index (κ2) is 7.78. The Balaban J connectivity index is 1.37. The Morgan fingerprint density at radius 1 is 0.600 bits per heavy atom. The Morgan fingerprint density at radius 2 is 0.975 bits per heavy atom. The molecule has 0 saturated heterocycles. The van der Waals surface area contributed by atoms with Gasteiger partial charge in [-0.2, -0.15) is 10.2 Å². The van der Waals surface area contributed by atoms with Gasteiger partial charge in [0.05, 0.1) is 13.1 Å². The molecule has 4 aromatic rings. The Hall–Kier alpha value is -3.14. The first-order chi connectivity index (χ1) is 19.1. The largest absolute Gasteiger partial charge is 0.264 e. The monoisotopic (exact) mass is 530 g/mol. The molecule has 4 heteroatoms. The van der Waals surface area contributed by atoms with Gasteiger partial charge in [0.2, 0.25) is 0 Å². The SMILES string of the molecule is CC12CCC(c3c(-c4nn(Cc5ccccc5)c5c4C4CCC5(C)C4(C)C)nn(Cc4ccccc4)c31)C2(C)C. The zero-order chi connectivity index (χ0) is 27.7. The molecule has 0 spiro atoms. The lowest BCUT2D eigenvalue weighted by Crippen LogP contribution is -2.34. The predicted octanol–water partition coefficient (Wildman–Crippen LogP) is 8.19. The van der Waals surface area contributed by atoms with Crippen molar-refractivity contribution in [3.63, 3.8) is 0 Å². The molecule has 4 bridgehead atoms. The highest BCUT2D eigenvalue weighted by molar-refractivity contribution is 5.73. The van der Waals surface area contributed by atoms with Crippen molar-refractivity contribution in [2.75, 3.05) is 0 Å². The molecule has 0 amide bonds. The van der Waals surface area contributed by atoms with Crippen molar-refractivity contribution < 1.29 is 0 Å². The van der Waals surface area contributed by atoms with E-state index in [1.807, 2.05) is 0 Å². The molecule has 8 rings (SSSR count). The minimum Gasteiger partial charge on any atom is -0.264 e. The van der Waals surface area contributed by atoms with Gasteiger partial charge >= 0.3 is 0 Å².